The molecular formula is C19H31IN4O. The lowest BCUT2D eigenvalue weighted by Gasteiger charge is -2.23. The van der Waals surface area contributed by atoms with Crippen molar-refractivity contribution in [3.8, 4) is 0 Å². The Morgan fingerprint density at radius 3 is 2.52 bits per heavy atom. The molecule has 1 aliphatic rings. The normalized spacial score (nSPS) is 15.3. The molecule has 1 aromatic carbocycles. The van der Waals surface area contributed by atoms with Crippen LogP contribution in [-0.4, -0.2) is 24.5 Å². The van der Waals surface area contributed by atoms with Gasteiger partial charge in [-0.2, -0.15) is 0 Å². The van der Waals surface area contributed by atoms with E-state index in [-0.39, 0.29) is 29.9 Å². The molecule has 1 aliphatic carbocycles. The number of amides is 1. The number of benzene rings is 1. The van der Waals surface area contributed by atoms with Crippen molar-refractivity contribution < 1.29 is 4.79 Å². The summed E-state index contributed by atoms with van der Waals surface area (Å²) in [5.74, 6) is 0.500. The summed E-state index contributed by atoms with van der Waals surface area (Å²) in [5, 5.41) is 6.23. The van der Waals surface area contributed by atoms with Crippen LogP contribution >= 0.6 is 24.0 Å². The van der Waals surface area contributed by atoms with Gasteiger partial charge in [0.1, 0.15) is 0 Å². The van der Waals surface area contributed by atoms with Gasteiger partial charge in [-0.15, -0.1) is 24.0 Å². The van der Waals surface area contributed by atoms with Crippen molar-refractivity contribution in [2.24, 2.45) is 10.7 Å². The van der Waals surface area contributed by atoms with Gasteiger partial charge in [-0.25, -0.2) is 4.99 Å². The first-order chi connectivity index (χ1) is 11.7. The molecule has 140 valence electrons. The fourth-order valence-corrected chi connectivity index (χ4v) is 2.92. The van der Waals surface area contributed by atoms with E-state index in [4.69, 9.17) is 5.73 Å². The summed E-state index contributed by atoms with van der Waals surface area (Å²) in [6, 6.07) is 8.03. The minimum absolute atomic E-state index is 0. The highest BCUT2D eigenvalue weighted by atomic mass is 127. The Balaban J connectivity index is 0.00000312. The fraction of sp³-hybridized carbons (Fsp3) is 0.579. The third kappa shape index (κ3) is 8.07. The molecule has 5 nitrogen and oxygen atoms in total. The number of nitrogens with two attached hydrogens (primary N) is 1. The topological polar surface area (TPSA) is 79.5 Å². The molecule has 0 unspecified atom stereocenters. The molecule has 0 aromatic heterocycles. The van der Waals surface area contributed by atoms with Crippen LogP contribution in [0.25, 0.3) is 0 Å². The SMILES string of the molecule is CCCCNC(=O)c1ccc(CN=C(N)NC2CCCCC2)cc1.I. The lowest BCUT2D eigenvalue weighted by atomic mass is 9.96. The highest BCUT2D eigenvalue weighted by Gasteiger charge is 2.13. The maximum absolute atomic E-state index is 11.9. The van der Waals surface area contributed by atoms with E-state index in [1.54, 1.807) is 0 Å². The van der Waals surface area contributed by atoms with E-state index in [2.05, 4.69) is 22.5 Å². The zero-order chi connectivity index (χ0) is 17.2. The van der Waals surface area contributed by atoms with Gasteiger partial charge in [0, 0.05) is 18.2 Å². The van der Waals surface area contributed by atoms with E-state index in [0.717, 1.165) is 24.9 Å². The molecule has 0 spiro atoms. The molecule has 4 N–H and O–H groups in total. The predicted octanol–water partition coefficient (Wildman–Crippen LogP) is 3.57. The molecule has 0 bridgehead atoms. The third-order valence-corrected chi connectivity index (χ3v) is 4.42. The van der Waals surface area contributed by atoms with Crippen LogP contribution < -0.4 is 16.4 Å². The fourth-order valence-electron chi connectivity index (χ4n) is 2.92. The third-order valence-electron chi connectivity index (χ3n) is 4.42. The number of carbonyl (C=O) groups excluding carboxylic acids is 1. The minimum atomic E-state index is -0.0167. The van der Waals surface area contributed by atoms with Gasteiger partial charge in [0.2, 0.25) is 0 Å². The monoisotopic (exact) mass is 458 g/mol. The van der Waals surface area contributed by atoms with Crippen molar-refractivity contribution in [2.45, 2.75) is 64.5 Å². The van der Waals surface area contributed by atoms with E-state index < -0.39 is 0 Å². The molecule has 6 heteroatoms. The van der Waals surface area contributed by atoms with E-state index >= 15 is 0 Å². The van der Waals surface area contributed by atoms with E-state index in [1.807, 2.05) is 24.3 Å². The maximum atomic E-state index is 11.9. The van der Waals surface area contributed by atoms with Crippen LogP contribution in [0.4, 0.5) is 0 Å². The lowest BCUT2D eigenvalue weighted by molar-refractivity contribution is 0.0953. The van der Waals surface area contributed by atoms with Gasteiger partial charge in [0.05, 0.1) is 6.54 Å². The Hall–Kier alpha value is -1.31. The van der Waals surface area contributed by atoms with Gasteiger partial charge in [-0.1, -0.05) is 44.7 Å². The zero-order valence-electron chi connectivity index (χ0n) is 15.1. The highest BCUT2D eigenvalue weighted by molar-refractivity contribution is 14.0. The van der Waals surface area contributed by atoms with Crippen molar-refractivity contribution in [1.82, 2.24) is 10.6 Å². The van der Waals surface area contributed by atoms with E-state index in [0.29, 0.717) is 24.1 Å². The Morgan fingerprint density at radius 1 is 1.20 bits per heavy atom. The molecule has 1 saturated carbocycles. The number of nitrogens with one attached hydrogen (secondary N) is 2. The molecule has 1 amide bonds. The van der Waals surface area contributed by atoms with Crippen molar-refractivity contribution in [3.05, 3.63) is 35.4 Å². The first-order valence-corrected chi connectivity index (χ1v) is 9.12. The van der Waals surface area contributed by atoms with Crippen molar-refractivity contribution >= 4 is 35.8 Å². The Morgan fingerprint density at radius 2 is 1.88 bits per heavy atom. The zero-order valence-corrected chi connectivity index (χ0v) is 17.4. The van der Waals surface area contributed by atoms with Gasteiger partial charge in [0.25, 0.3) is 5.91 Å². The molecule has 1 fully saturated rings. The van der Waals surface area contributed by atoms with Gasteiger partial charge in [0.15, 0.2) is 5.96 Å². The van der Waals surface area contributed by atoms with E-state index in [1.165, 1.54) is 32.1 Å². The van der Waals surface area contributed by atoms with Gasteiger partial charge < -0.3 is 16.4 Å². The van der Waals surface area contributed by atoms with Gasteiger partial charge >= 0.3 is 0 Å². The second-order valence-electron chi connectivity index (χ2n) is 6.49. The standard InChI is InChI=1S/C19H30N4O.HI/c1-2-3-13-21-18(24)16-11-9-15(10-12-16)14-22-19(20)23-17-7-5-4-6-8-17;/h9-12,17H,2-8,13-14H2,1H3,(H,21,24)(H3,20,22,23);1H. The van der Waals surface area contributed by atoms with Crippen LogP contribution in [0.1, 0.15) is 67.8 Å². The molecule has 1 aromatic rings. The summed E-state index contributed by atoms with van der Waals surface area (Å²) >= 11 is 0. The number of aliphatic imine (C=N–C) groups is 1. The summed E-state index contributed by atoms with van der Waals surface area (Å²) in [5.41, 5.74) is 7.71. The first-order valence-electron chi connectivity index (χ1n) is 9.12. The van der Waals surface area contributed by atoms with Crippen LogP contribution in [0.5, 0.6) is 0 Å². The second kappa shape index (κ2) is 12.1. The van der Waals surface area contributed by atoms with Crippen LogP contribution in [0.15, 0.2) is 29.3 Å². The van der Waals surface area contributed by atoms with Gasteiger partial charge in [-0.05, 0) is 37.0 Å². The summed E-state index contributed by atoms with van der Waals surface area (Å²) in [7, 11) is 0. The summed E-state index contributed by atoms with van der Waals surface area (Å²) < 4.78 is 0. The molecule has 0 radical (unpaired) electrons. The number of carbonyl (C=O) groups is 1. The highest BCUT2D eigenvalue weighted by Crippen LogP contribution is 2.17. The van der Waals surface area contributed by atoms with Crippen LogP contribution in [0.3, 0.4) is 0 Å². The number of unbranched alkanes of at least 4 members (excludes halogenated alkanes) is 1. The number of halogens is 1. The largest absolute Gasteiger partial charge is 0.370 e. The second-order valence-corrected chi connectivity index (χ2v) is 6.49. The lowest BCUT2D eigenvalue weighted by Crippen LogP contribution is -2.41. The van der Waals surface area contributed by atoms with Crippen LogP contribution in [0.2, 0.25) is 0 Å². The maximum Gasteiger partial charge on any atom is 0.251 e. The van der Waals surface area contributed by atoms with Crippen molar-refractivity contribution in [3.63, 3.8) is 0 Å². The Bertz CT molecular complexity index is 539. The number of guanidine groups is 1. The average Bonchev–Trinajstić information content (AvgIpc) is 2.61. The Labute approximate surface area is 168 Å². The van der Waals surface area contributed by atoms with E-state index in [9.17, 15) is 4.79 Å². The molecular weight excluding hydrogens is 427 g/mol. The van der Waals surface area contributed by atoms with Crippen LogP contribution in [-0.2, 0) is 6.54 Å². The summed E-state index contributed by atoms with van der Waals surface area (Å²) in [6.45, 7) is 3.37. The van der Waals surface area contributed by atoms with Crippen molar-refractivity contribution in [2.75, 3.05) is 6.54 Å². The minimum Gasteiger partial charge on any atom is -0.370 e. The predicted molar refractivity (Wildman–Crippen MR) is 114 cm³/mol. The average molecular weight is 458 g/mol. The Kier molecular flexibility index (Phi) is 10.5. The molecule has 0 aliphatic heterocycles. The molecule has 2 rings (SSSR count). The first kappa shape index (κ1) is 21.7. The molecule has 25 heavy (non-hydrogen) atoms. The van der Waals surface area contributed by atoms with Crippen LogP contribution in [0, 0.1) is 0 Å². The van der Waals surface area contributed by atoms with Crippen molar-refractivity contribution in [1.29, 1.82) is 0 Å². The molecule has 0 heterocycles. The number of hydrogen-bond acceptors (Lipinski definition) is 2. The molecule has 0 atom stereocenters. The number of hydrogen-bond donors (Lipinski definition) is 3. The molecule has 0 saturated heterocycles. The summed E-state index contributed by atoms with van der Waals surface area (Å²) in [6.07, 6.45) is 8.31. The quantitative estimate of drug-likeness (QED) is 0.253. The number of nitrogens with zero attached hydrogens (tertiary/aromatic N) is 1. The smallest absolute Gasteiger partial charge is 0.251 e. The van der Waals surface area contributed by atoms with Gasteiger partial charge in [-0.3, -0.25) is 4.79 Å². The summed E-state index contributed by atoms with van der Waals surface area (Å²) in [4.78, 5) is 16.4. The number of rotatable bonds is 7.